The predicted molar refractivity (Wildman–Crippen MR) is 90.4 cm³/mol. The second-order valence-corrected chi connectivity index (χ2v) is 6.71. The number of likely N-dealkylation sites (N-methyl/N-ethyl adjacent to an activating group) is 1. The molecule has 0 spiro atoms. The zero-order chi connectivity index (χ0) is 14.5. The number of hydrogen-bond donors (Lipinski definition) is 1. The van der Waals surface area contributed by atoms with Crippen LogP contribution >= 0.6 is 15.9 Å². The van der Waals surface area contributed by atoms with Crippen molar-refractivity contribution in [3.63, 3.8) is 0 Å². The maximum absolute atomic E-state index is 6.16. The zero-order valence-corrected chi connectivity index (χ0v) is 14.2. The minimum atomic E-state index is 0.248. The van der Waals surface area contributed by atoms with Crippen LogP contribution in [0.1, 0.15) is 25.3 Å². The summed E-state index contributed by atoms with van der Waals surface area (Å²) >= 11 is 3.59. The van der Waals surface area contributed by atoms with E-state index in [4.69, 9.17) is 5.73 Å². The molecule has 0 radical (unpaired) electrons. The Hall–Kier alpha value is -0.580. The van der Waals surface area contributed by atoms with Gasteiger partial charge in [0.1, 0.15) is 0 Å². The molecule has 4 heteroatoms. The van der Waals surface area contributed by atoms with Crippen molar-refractivity contribution in [1.29, 1.82) is 0 Å². The van der Waals surface area contributed by atoms with Gasteiger partial charge in [-0.15, -0.1) is 0 Å². The first-order chi connectivity index (χ1) is 9.60. The first-order valence-electron chi connectivity index (χ1n) is 7.57. The molecule has 0 saturated carbocycles. The van der Waals surface area contributed by atoms with Gasteiger partial charge in [-0.3, -0.25) is 0 Å². The highest BCUT2D eigenvalue weighted by Crippen LogP contribution is 2.27. The topological polar surface area (TPSA) is 32.5 Å². The maximum atomic E-state index is 6.16. The third-order valence-electron chi connectivity index (χ3n) is 4.11. The van der Waals surface area contributed by atoms with Crippen molar-refractivity contribution in [3.05, 3.63) is 28.2 Å². The Morgan fingerprint density at radius 3 is 2.80 bits per heavy atom. The lowest BCUT2D eigenvalue weighted by Gasteiger charge is -2.26. The van der Waals surface area contributed by atoms with Crippen LogP contribution in [0.2, 0.25) is 0 Å². The van der Waals surface area contributed by atoms with Gasteiger partial charge in [-0.2, -0.15) is 0 Å². The number of anilines is 1. The second kappa shape index (κ2) is 7.43. The number of halogens is 1. The highest BCUT2D eigenvalue weighted by atomic mass is 79.9. The number of nitrogens with two attached hydrogens (primary N) is 1. The molecule has 1 atom stereocenters. The highest BCUT2D eigenvalue weighted by molar-refractivity contribution is 9.10. The molecule has 1 aliphatic rings. The average Bonchev–Trinajstić information content (AvgIpc) is 2.64. The second-order valence-electron chi connectivity index (χ2n) is 5.79. The van der Waals surface area contributed by atoms with Gasteiger partial charge in [-0.25, -0.2) is 0 Å². The van der Waals surface area contributed by atoms with Crippen molar-refractivity contribution in [1.82, 2.24) is 4.90 Å². The smallest absolute Gasteiger partial charge is 0.0400 e. The van der Waals surface area contributed by atoms with E-state index < -0.39 is 0 Å². The van der Waals surface area contributed by atoms with Gasteiger partial charge in [0.25, 0.3) is 0 Å². The zero-order valence-electron chi connectivity index (χ0n) is 12.6. The number of hydrogen-bond acceptors (Lipinski definition) is 3. The molecule has 2 rings (SSSR count). The summed E-state index contributed by atoms with van der Waals surface area (Å²) in [7, 11) is 2.21. The van der Waals surface area contributed by atoms with Gasteiger partial charge in [0, 0.05) is 35.8 Å². The van der Waals surface area contributed by atoms with E-state index in [1.807, 2.05) is 0 Å². The molecule has 1 saturated heterocycles. The quantitative estimate of drug-likeness (QED) is 0.915. The molecule has 2 N–H and O–H groups in total. The van der Waals surface area contributed by atoms with E-state index in [0.29, 0.717) is 0 Å². The first-order valence-corrected chi connectivity index (χ1v) is 8.37. The van der Waals surface area contributed by atoms with Crippen molar-refractivity contribution in [2.75, 3.05) is 38.1 Å². The minimum Gasteiger partial charge on any atom is -0.370 e. The molecule has 1 aromatic carbocycles. The summed E-state index contributed by atoms with van der Waals surface area (Å²) in [5.74, 6) is 0. The summed E-state index contributed by atoms with van der Waals surface area (Å²) < 4.78 is 1.14. The van der Waals surface area contributed by atoms with Gasteiger partial charge < -0.3 is 15.5 Å². The van der Waals surface area contributed by atoms with Gasteiger partial charge in [-0.05, 0) is 56.6 Å². The Bertz CT molecular complexity index is 436. The molecule has 1 unspecified atom stereocenters. The third kappa shape index (κ3) is 4.21. The molecule has 112 valence electrons. The van der Waals surface area contributed by atoms with Crippen molar-refractivity contribution in [3.8, 4) is 0 Å². The van der Waals surface area contributed by atoms with Crippen molar-refractivity contribution in [2.45, 2.75) is 32.2 Å². The van der Waals surface area contributed by atoms with E-state index in [1.54, 1.807) is 0 Å². The Labute approximate surface area is 131 Å². The number of nitrogens with zero attached hydrogens (tertiary/aromatic N) is 2. The van der Waals surface area contributed by atoms with E-state index in [1.165, 1.54) is 24.2 Å². The maximum Gasteiger partial charge on any atom is 0.0400 e. The monoisotopic (exact) mass is 339 g/mol. The summed E-state index contributed by atoms with van der Waals surface area (Å²) in [6, 6.07) is 6.87. The molecular formula is C16H26BrN3. The molecule has 1 aromatic rings. The van der Waals surface area contributed by atoms with Crippen molar-refractivity contribution < 1.29 is 0 Å². The van der Waals surface area contributed by atoms with Gasteiger partial charge in [0.15, 0.2) is 0 Å². The van der Waals surface area contributed by atoms with E-state index >= 15 is 0 Å². The van der Waals surface area contributed by atoms with Crippen LogP contribution in [-0.4, -0.2) is 44.2 Å². The molecule has 1 fully saturated rings. The van der Waals surface area contributed by atoms with Crippen LogP contribution in [0, 0.1) is 0 Å². The minimum absolute atomic E-state index is 0.248. The molecule has 20 heavy (non-hydrogen) atoms. The molecular weight excluding hydrogens is 314 g/mol. The Morgan fingerprint density at radius 2 is 2.05 bits per heavy atom. The lowest BCUT2D eigenvalue weighted by Crippen LogP contribution is -2.30. The van der Waals surface area contributed by atoms with Crippen LogP contribution in [0.4, 0.5) is 5.69 Å². The normalized spacial score (nSPS) is 18.9. The fraction of sp³-hybridized carbons (Fsp3) is 0.625. The van der Waals surface area contributed by atoms with Crippen molar-refractivity contribution >= 4 is 21.6 Å². The Balaban J connectivity index is 2.20. The Kier molecular flexibility index (Phi) is 5.87. The Morgan fingerprint density at radius 1 is 1.25 bits per heavy atom. The fourth-order valence-electron chi connectivity index (χ4n) is 2.74. The van der Waals surface area contributed by atoms with Crippen LogP contribution < -0.4 is 10.6 Å². The SMILES string of the molecule is CCC(N)Cc1cc(Br)ccc1N1CCCN(C)CC1. The van der Waals surface area contributed by atoms with Crippen LogP contribution in [0.3, 0.4) is 0 Å². The highest BCUT2D eigenvalue weighted by Gasteiger charge is 2.16. The number of benzene rings is 1. The van der Waals surface area contributed by atoms with Gasteiger partial charge in [-0.1, -0.05) is 22.9 Å². The number of rotatable bonds is 4. The molecule has 0 aliphatic carbocycles. The lowest BCUT2D eigenvalue weighted by molar-refractivity contribution is 0.360. The molecule has 3 nitrogen and oxygen atoms in total. The molecule has 0 amide bonds. The molecule has 0 bridgehead atoms. The average molecular weight is 340 g/mol. The first kappa shape index (κ1) is 15.8. The summed E-state index contributed by atoms with van der Waals surface area (Å²) in [5.41, 5.74) is 8.91. The predicted octanol–water partition coefficient (Wildman–Crippen LogP) is 2.87. The van der Waals surface area contributed by atoms with Gasteiger partial charge >= 0.3 is 0 Å². The van der Waals surface area contributed by atoms with E-state index in [2.05, 4.69) is 57.9 Å². The standard InChI is InChI=1S/C16H26BrN3/c1-3-15(18)12-13-11-14(17)5-6-16(13)20-8-4-7-19(2)9-10-20/h5-6,11,15H,3-4,7-10,12,18H2,1-2H3. The van der Waals surface area contributed by atoms with Crippen LogP contribution in [0.15, 0.2) is 22.7 Å². The fourth-order valence-corrected chi connectivity index (χ4v) is 3.15. The van der Waals surface area contributed by atoms with Crippen LogP contribution in [0.5, 0.6) is 0 Å². The molecule has 1 heterocycles. The summed E-state index contributed by atoms with van der Waals surface area (Å²) in [6.07, 6.45) is 3.21. The third-order valence-corrected chi connectivity index (χ3v) is 4.60. The molecule has 1 aliphatic heterocycles. The summed E-state index contributed by atoms with van der Waals surface area (Å²) in [4.78, 5) is 4.93. The lowest BCUT2D eigenvalue weighted by atomic mass is 10.0. The van der Waals surface area contributed by atoms with Gasteiger partial charge in [0.2, 0.25) is 0 Å². The van der Waals surface area contributed by atoms with Gasteiger partial charge in [0.05, 0.1) is 0 Å². The van der Waals surface area contributed by atoms with Crippen LogP contribution in [0.25, 0.3) is 0 Å². The van der Waals surface area contributed by atoms with E-state index in [9.17, 15) is 0 Å². The van der Waals surface area contributed by atoms with Crippen LogP contribution in [-0.2, 0) is 6.42 Å². The van der Waals surface area contributed by atoms with E-state index in [0.717, 1.165) is 36.9 Å². The summed E-state index contributed by atoms with van der Waals surface area (Å²) in [6.45, 7) is 6.72. The summed E-state index contributed by atoms with van der Waals surface area (Å²) in [5, 5.41) is 0. The van der Waals surface area contributed by atoms with Crippen molar-refractivity contribution in [2.24, 2.45) is 5.73 Å². The molecule has 0 aromatic heterocycles. The largest absolute Gasteiger partial charge is 0.370 e. The van der Waals surface area contributed by atoms with E-state index in [-0.39, 0.29) is 6.04 Å².